The number of anilines is 2. The van der Waals surface area contributed by atoms with E-state index in [1.54, 1.807) is 48.5 Å². The molecule has 3 aromatic carbocycles. The molecule has 8 nitrogen and oxygen atoms in total. The van der Waals surface area contributed by atoms with Gasteiger partial charge in [0.05, 0.1) is 19.2 Å². The molecular weight excluding hydrogens is 448 g/mol. The Morgan fingerprint density at radius 3 is 2.14 bits per heavy atom. The second-order valence-electron chi connectivity index (χ2n) is 7.80. The second kappa shape index (κ2) is 12.2. The number of amides is 2. The molecule has 0 saturated carbocycles. The number of carbonyl (C=O) groups is 3. The lowest BCUT2D eigenvalue weighted by Crippen LogP contribution is -2.22. The number of hydrogen-bond donors (Lipinski definition) is 2. The number of para-hydroxylation sites is 3. The topological polar surface area (TPSA) is 103 Å². The van der Waals surface area contributed by atoms with E-state index < -0.39 is 18.5 Å². The Balaban J connectivity index is 1.40. The van der Waals surface area contributed by atoms with Crippen LogP contribution in [0.15, 0.2) is 66.7 Å². The highest BCUT2D eigenvalue weighted by Gasteiger charge is 2.12. The summed E-state index contributed by atoms with van der Waals surface area (Å²) in [5.74, 6) is 0.454. The summed E-state index contributed by atoms with van der Waals surface area (Å²) in [6, 6.07) is 19.8. The van der Waals surface area contributed by atoms with E-state index in [1.807, 2.05) is 32.0 Å². The summed E-state index contributed by atoms with van der Waals surface area (Å²) < 4.78 is 16.1. The Hall–Kier alpha value is -4.33. The molecule has 2 N–H and O–H groups in total. The van der Waals surface area contributed by atoms with Crippen LogP contribution in [0, 0.1) is 13.8 Å². The van der Waals surface area contributed by atoms with E-state index in [2.05, 4.69) is 10.6 Å². The summed E-state index contributed by atoms with van der Waals surface area (Å²) in [5, 5.41) is 5.34. The first-order valence-corrected chi connectivity index (χ1v) is 11.1. The maximum absolute atomic E-state index is 12.2. The number of hydrogen-bond acceptors (Lipinski definition) is 6. The van der Waals surface area contributed by atoms with Crippen LogP contribution in [0.4, 0.5) is 11.4 Å². The zero-order valence-electron chi connectivity index (χ0n) is 19.9. The number of ether oxygens (including phenoxy) is 3. The lowest BCUT2D eigenvalue weighted by atomic mass is 10.1. The van der Waals surface area contributed by atoms with Crippen molar-refractivity contribution in [3.63, 3.8) is 0 Å². The molecule has 0 fully saturated rings. The number of nitrogens with one attached hydrogen (secondary N) is 2. The van der Waals surface area contributed by atoms with Crippen LogP contribution in [0.3, 0.4) is 0 Å². The van der Waals surface area contributed by atoms with Gasteiger partial charge in [0.25, 0.3) is 5.91 Å². The summed E-state index contributed by atoms with van der Waals surface area (Å²) in [6.07, 6.45) is -0.227. The minimum atomic E-state index is -0.646. The van der Waals surface area contributed by atoms with Crippen molar-refractivity contribution < 1.29 is 28.6 Å². The van der Waals surface area contributed by atoms with E-state index >= 15 is 0 Å². The van der Waals surface area contributed by atoms with Crippen LogP contribution in [0.5, 0.6) is 17.2 Å². The van der Waals surface area contributed by atoms with Crippen LogP contribution >= 0.6 is 0 Å². The standard InChI is InChI=1S/C27H28N2O6/c1-18-7-6-8-19(2)27(18)35-21-13-11-20(12-14-21)28-24(30)15-16-26(32)34-17-25(31)29-22-9-4-5-10-23(22)33-3/h4-14H,15-17H2,1-3H3,(H,28,30)(H,29,31). The fourth-order valence-corrected chi connectivity index (χ4v) is 3.28. The van der Waals surface area contributed by atoms with Crippen LogP contribution in [0.2, 0.25) is 0 Å². The van der Waals surface area contributed by atoms with Crippen LogP contribution in [-0.2, 0) is 19.1 Å². The molecule has 182 valence electrons. The molecule has 3 aromatic rings. The molecule has 0 radical (unpaired) electrons. The monoisotopic (exact) mass is 476 g/mol. The van der Waals surface area contributed by atoms with Gasteiger partial charge in [-0.2, -0.15) is 0 Å². The molecule has 0 aromatic heterocycles. The Morgan fingerprint density at radius 2 is 1.46 bits per heavy atom. The molecule has 35 heavy (non-hydrogen) atoms. The maximum Gasteiger partial charge on any atom is 0.306 e. The van der Waals surface area contributed by atoms with Crippen molar-refractivity contribution in [2.24, 2.45) is 0 Å². The summed E-state index contributed by atoms with van der Waals surface area (Å²) >= 11 is 0. The fraction of sp³-hybridized carbons (Fsp3) is 0.222. The molecular formula is C27H28N2O6. The highest BCUT2D eigenvalue weighted by molar-refractivity contribution is 5.95. The number of esters is 1. The molecule has 0 saturated heterocycles. The van der Waals surface area contributed by atoms with Crippen molar-refractivity contribution >= 4 is 29.2 Å². The fourth-order valence-electron chi connectivity index (χ4n) is 3.28. The molecule has 0 aliphatic rings. The molecule has 0 aliphatic carbocycles. The van der Waals surface area contributed by atoms with Gasteiger partial charge in [-0.3, -0.25) is 14.4 Å². The van der Waals surface area contributed by atoms with Crippen molar-refractivity contribution in [2.45, 2.75) is 26.7 Å². The van der Waals surface area contributed by atoms with Gasteiger partial charge < -0.3 is 24.8 Å². The number of carbonyl (C=O) groups excluding carboxylic acids is 3. The van der Waals surface area contributed by atoms with Gasteiger partial charge in [-0.15, -0.1) is 0 Å². The maximum atomic E-state index is 12.2. The first kappa shape index (κ1) is 25.3. The number of benzene rings is 3. The van der Waals surface area contributed by atoms with Crippen LogP contribution in [-0.4, -0.2) is 31.5 Å². The predicted octanol–water partition coefficient (Wildman–Crippen LogP) is 5.00. The highest BCUT2D eigenvalue weighted by atomic mass is 16.5. The van der Waals surface area contributed by atoms with Crippen molar-refractivity contribution in [3.05, 3.63) is 77.9 Å². The quantitative estimate of drug-likeness (QED) is 0.399. The zero-order chi connectivity index (χ0) is 25.2. The number of methoxy groups -OCH3 is 1. The van der Waals surface area contributed by atoms with Crippen LogP contribution in [0.1, 0.15) is 24.0 Å². The van der Waals surface area contributed by atoms with Crippen LogP contribution in [0.25, 0.3) is 0 Å². The second-order valence-corrected chi connectivity index (χ2v) is 7.80. The van der Waals surface area contributed by atoms with Crippen molar-refractivity contribution in [1.29, 1.82) is 0 Å². The number of rotatable bonds is 10. The third kappa shape index (κ3) is 7.60. The van der Waals surface area contributed by atoms with E-state index in [9.17, 15) is 14.4 Å². The molecule has 3 rings (SSSR count). The first-order chi connectivity index (χ1) is 16.9. The van der Waals surface area contributed by atoms with Crippen molar-refractivity contribution in [3.8, 4) is 17.2 Å². The van der Waals surface area contributed by atoms with E-state index in [0.717, 1.165) is 16.9 Å². The zero-order valence-corrected chi connectivity index (χ0v) is 19.9. The minimum absolute atomic E-state index is 0.0758. The summed E-state index contributed by atoms with van der Waals surface area (Å²) in [7, 11) is 1.49. The molecule has 8 heteroatoms. The summed E-state index contributed by atoms with van der Waals surface area (Å²) in [4.78, 5) is 36.1. The minimum Gasteiger partial charge on any atom is -0.495 e. The summed E-state index contributed by atoms with van der Waals surface area (Å²) in [6.45, 7) is 3.50. The number of aryl methyl sites for hydroxylation is 2. The summed E-state index contributed by atoms with van der Waals surface area (Å²) in [5.41, 5.74) is 3.12. The van der Waals surface area contributed by atoms with E-state index in [0.29, 0.717) is 22.9 Å². The van der Waals surface area contributed by atoms with Gasteiger partial charge in [-0.1, -0.05) is 30.3 Å². The molecule has 0 spiro atoms. The average Bonchev–Trinajstić information content (AvgIpc) is 2.85. The SMILES string of the molecule is COc1ccccc1NC(=O)COC(=O)CCC(=O)Nc1ccc(Oc2c(C)cccc2C)cc1. The van der Waals surface area contributed by atoms with Crippen LogP contribution < -0.4 is 20.1 Å². The highest BCUT2D eigenvalue weighted by Crippen LogP contribution is 2.29. The molecule has 0 bridgehead atoms. The molecule has 2 amide bonds. The van der Waals surface area contributed by atoms with E-state index in [1.165, 1.54) is 7.11 Å². The largest absolute Gasteiger partial charge is 0.495 e. The van der Waals surface area contributed by atoms with E-state index in [-0.39, 0.29) is 18.7 Å². The van der Waals surface area contributed by atoms with Gasteiger partial charge in [0.2, 0.25) is 5.91 Å². The van der Waals surface area contributed by atoms with Gasteiger partial charge in [0, 0.05) is 12.1 Å². The normalized spacial score (nSPS) is 10.3. The lowest BCUT2D eigenvalue weighted by Gasteiger charge is -2.12. The van der Waals surface area contributed by atoms with Gasteiger partial charge in [0.15, 0.2) is 6.61 Å². The smallest absolute Gasteiger partial charge is 0.306 e. The third-order valence-electron chi connectivity index (χ3n) is 5.07. The van der Waals surface area contributed by atoms with Crippen molar-refractivity contribution in [1.82, 2.24) is 0 Å². The van der Waals surface area contributed by atoms with E-state index in [4.69, 9.17) is 14.2 Å². The van der Waals surface area contributed by atoms with Gasteiger partial charge in [-0.05, 0) is 61.4 Å². The average molecular weight is 477 g/mol. The Kier molecular flexibility index (Phi) is 8.83. The van der Waals surface area contributed by atoms with Gasteiger partial charge in [0.1, 0.15) is 17.2 Å². The van der Waals surface area contributed by atoms with Gasteiger partial charge >= 0.3 is 5.97 Å². The molecule has 0 aliphatic heterocycles. The third-order valence-corrected chi connectivity index (χ3v) is 5.07. The predicted molar refractivity (Wildman–Crippen MR) is 133 cm³/mol. The first-order valence-electron chi connectivity index (χ1n) is 11.1. The molecule has 0 unspecified atom stereocenters. The molecule has 0 atom stereocenters. The Labute approximate surface area is 204 Å². The Morgan fingerprint density at radius 1 is 0.771 bits per heavy atom. The van der Waals surface area contributed by atoms with Gasteiger partial charge in [-0.25, -0.2) is 0 Å². The Bertz CT molecular complexity index is 1170. The molecule has 0 heterocycles. The van der Waals surface area contributed by atoms with Crippen molar-refractivity contribution in [2.75, 3.05) is 24.4 Å². The lowest BCUT2D eigenvalue weighted by molar-refractivity contribution is -0.147.